The predicted molar refractivity (Wildman–Crippen MR) is 77.1 cm³/mol. The second-order valence-electron chi connectivity index (χ2n) is 4.64. The fourth-order valence-electron chi connectivity index (χ4n) is 1.79. The van der Waals surface area contributed by atoms with Crippen molar-refractivity contribution >= 4 is 5.97 Å². The van der Waals surface area contributed by atoms with E-state index >= 15 is 0 Å². The zero-order chi connectivity index (χ0) is 15.1. The smallest absolute Gasteiger partial charge is 0.346 e. The Morgan fingerprint density at radius 3 is 2.55 bits per heavy atom. The third-order valence-electron chi connectivity index (χ3n) is 3.09. The van der Waals surface area contributed by atoms with Crippen LogP contribution in [0.3, 0.4) is 0 Å². The van der Waals surface area contributed by atoms with Crippen LogP contribution in [0.2, 0.25) is 0 Å². The molecule has 112 valence electrons. The maximum atomic E-state index is 11.4. The summed E-state index contributed by atoms with van der Waals surface area (Å²) >= 11 is 0. The highest BCUT2D eigenvalue weighted by Gasteiger charge is 2.17. The highest BCUT2D eigenvalue weighted by Crippen LogP contribution is 2.29. The molecular formula is C15H23NO4. The fourth-order valence-corrected chi connectivity index (χ4v) is 1.79. The largest absolute Gasteiger partial charge is 0.493 e. The van der Waals surface area contributed by atoms with Crippen LogP contribution < -0.4 is 15.2 Å². The summed E-state index contributed by atoms with van der Waals surface area (Å²) in [5, 5.41) is 0. The van der Waals surface area contributed by atoms with E-state index in [0.717, 1.165) is 18.4 Å². The van der Waals surface area contributed by atoms with Gasteiger partial charge in [0.1, 0.15) is 0 Å². The lowest BCUT2D eigenvalue weighted by atomic mass is 10.0. The minimum absolute atomic E-state index is 0.125. The van der Waals surface area contributed by atoms with E-state index < -0.39 is 12.1 Å². The van der Waals surface area contributed by atoms with E-state index in [1.165, 1.54) is 7.11 Å². The van der Waals surface area contributed by atoms with Gasteiger partial charge in [0.05, 0.1) is 14.2 Å². The lowest BCUT2D eigenvalue weighted by molar-refractivity contribution is -0.147. The molecular weight excluding hydrogens is 258 g/mol. The predicted octanol–water partition coefficient (Wildman–Crippen LogP) is 1.92. The van der Waals surface area contributed by atoms with Crippen LogP contribution in [-0.2, 0) is 16.0 Å². The minimum atomic E-state index is -0.683. The first kappa shape index (κ1) is 16.3. The third kappa shape index (κ3) is 4.42. The van der Waals surface area contributed by atoms with E-state index in [4.69, 9.17) is 15.2 Å². The Morgan fingerprint density at radius 1 is 1.30 bits per heavy atom. The first-order chi connectivity index (χ1) is 9.51. The zero-order valence-electron chi connectivity index (χ0n) is 12.5. The Kier molecular flexibility index (Phi) is 6.31. The van der Waals surface area contributed by atoms with E-state index in [0.29, 0.717) is 11.5 Å². The molecule has 0 amide bonds. The first-order valence-corrected chi connectivity index (χ1v) is 6.68. The van der Waals surface area contributed by atoms with Gasteiger partial charge in [-0.15, -0.1) is 0 Å². The van der Waals surface area contributed by atoms with Crippen LogP contribution in [0.25, 0.3) is 0 Å². The third-order valence-corrected chi connectivity index (χ3v) is 3.09. The van der Waals surface area contributed by atoms with Crippen molar-refractivity contribution in [1.29, 1.82) is 0 Å². The average molecular weight is 281 g/mol. The Hall–Kier alpha value is -1.75. The lowest BCUT2D eigenvalue weighted by Crippen LogP contribution is -2.25. The van der Waals surface area contributed by atoms with Gasteiger partial charge in [0.15, 0.2) is 17.6 Å². The lowest BCUT2D eigenvalue weighted by Gasteiger charge is -2.16. The van der Waals surface area contributed by atoms with Gasteiger partial charge in [0, 0.05) is 6.04 Å². The number of ether oxygens (including phenoxy) is 3. The Balaban J connectivity index is 2.85. The van der Waals surface area contributed by atoms with Gasteiger partial charge in [-0.2, -0.15) is 0 Å². The molecule has 1 aromatic rings. The van der Waals surface area contributed by atoms with Crippen molar-refractivity contribution in [2.45, 2.75) is 38.8 Å². The molecule has 5 nitrogen and oxygen atoms in total. The number of carbonyl (C=O) groups is 1. The van der Waals surface area contributed by atoms with E-state index in [2.05, 4.69) is 11.7 Å². The molecule has 0 aromatic heterocycles. The average Bonchev–Trinajstić information content (AvgIpc) is 2.47. The first-order valence-electron chi connectivity index (χ1n) is 6.68. The number of benzene rings is 1. The van der Waals surface area contributed by atoms with Crippen LogP contribution in [0.5, 0.6) is 11.5 Å². The SMILES string of the molecule is CCC(N)Cc1ccc(OC(C)C(=O)OC)c(OC)c1. The topological polar surface area (TPSA) is 70.8 Å². The number of esters is 1. The van der Waals surface area contributed by atoms with Gasteiger partial charge in [-0.1, -0.05) is 13.0 Å². The molecule has 2 unspecified atom stereocenters. The second-order valence-corrected chi connectivity index (χ2v) is 4.64. The van der Waals surface area contributed by atoms with Crippen molar-refractivity contribution in [3.05, 3.63) is 23.8 Å². The molecule has 0 radical (unpaired) electrons. The van der Waals surface area contributed by atoms with E-state index in [1.54, 1.807) is 20.1 Å². The molecule has 0 saturated heterocycles. The summed E-state index contributed by atoms with van der Waals surface area (Å²) in [7, 11) is 2.89. The van der Waals surface area contributed by atoms with Crippen LogP contribution in [0, 0.1) is 0 Å². The van der Waals surface area contributed by atoms with Crippen molar-refractivity contribution in [2.75, 3.05) is 14.2 Å². The van der Waals surface area contributed by atoms with Gasteiger partial charge in [-0.3, -0.25) is 0 Å². The van der Waals surface area contributed by atoms with Crippen molar-refractivity contribution < 1.29 is 19.0 Å². The molecule has 0 spiro atoms. The van der Waals surface area contributed by atoms with Crippen molar-refractivity contribution in [2.24, 2.45) is 5.73 Å². The molecule has 2 N–H and O–H groups in total. The number of nitrogens with two attached hydrogens (primary N) is 1. The molecule has 1 aromatic carbocycles. The Morgan fingerprint density at radius 2 is 2.00 bits per heavy atom. The fraction of sp³-hybridized carbons (Fsp3) is 0.533. The summed E-state index contributed by atoms with van der Waals surface area (Å²) in [5.41, 5.74) is 7.02. The maximum Gasteiger partial charge on any atom is 0.346 e. The van der Waals surface area contributed by atoms with Crippen LogP contribution >= 0.6 is 0 Å². The van der Waals surface area contributed by atoms with E-state index in [-0.39, 0.29) is 6.04 Å². The maximum absolute atomic E-state index is 11.4. The van der Waals surface area contributed by atoms with Gasteiger partial charge < -0.3 is 19.9 Å². The van der Waals surface area contributed by atoms with Crippen LogP contribution in [0.1, 0.15) is 25.8 Å². The van der Waals surface area contributed by atoms with Gasteiger partial charge in [-0.05, 0) is 37.5 Å². The zero-order valence-corrected chi connectivity index (χ0v) is 12.5. The summed E-state index contributed by atoms with van der Waals surface area (Å²) in [6.45, 7) is 3.68. The molecule has 0 aliphatic carbocycles. The second kappa shape index (κ2) is 7.75. The summed E-state index contributed by atoms with van der Waals surface area (Å²) in [6.07, 6.45) is 1.01. The van der Waals surface area contributed by atoms with Gasteiger partial charge in [0.25, 0.3) is 0 Å². The molecule has 5 heteroatoms. The summed E-state index contributed by atoms with van der Waals surface area (Å²) in [4.78, 5) is 11.4. The van der Waals surface area contributed by atoms with Crippen molar-refractivity contribution in [1.82, 2.24) is 0 Å². The van der Waals surface area contributed by atoms with Gasteiger partial charge >= 0.3 is 5.97 Å². The van der Waals surface area contributed by atoms with Crippen LogP contribution in [0.15, 0.2) is 18.2 Å². The molecule has 0 aliphatic heterocycles. The Labute approximate surface area is 120 Å². The number of methoxy groups -OCH3 is 2. The number of rotatable bonds is 7. The van der Waals surface area contributed by atoms with E-state index in [1.807, 2.05) is 12.1 Å². The molecule has 0 heterocycles. The minimum Gasteiger partial charge on any atom is -0.493 e. The highest BCUT2D eigenvalue weighted by molar-refractivity contribution is 5.74. The summed E-state index contributed by atoms with van der Waals surface area (Å²) < 4.78 is 15.5. The molecule has 1 rings (SSSR count). The monoisotopic (exact) mass is 281 g/mol. The number of carbonyl (C=O) groups excluding carboxylic acids is 1. The standard InChI is InChI=1S/C15H23NO4/c1-5-12(16)8-11-6-7-13(14(9-11)18-3)20-10(2)15(17)19-4/h6-7,9-10,12H,5,8,16H2,1-4H3. The van der Waals surface area contributed by atoms with Gasteiger partial charge in [-0.25, -0.2) is 4.79 Å². The van der Waals surface area contributed by atoms with Crippen LogP contribution in [0.4, 0.5) is 0 Å². The highest BCUT2D eigenvalue weighted by atomic mass is 16.6. The molecule has 0 saturated carbocycles. The summed E-state index contributed by atoms with van der Waals surface area (Å²) in [6, 6.07) is 5.72. The quantitative estimate of drug-likeness (QED) is 0.773. The van der Waals surface area contributed by atoms with E-state index in [9.17, 15) is 4.79 Å². The van der Waals surface area contributed by atoms with Crippen LogP contribution in [-0.4, -0.2) is 32.3 Å². The molecule has 0 fully saturated rings. The van der Waals surface area contributed by atoms with Crippen molar-refractivity contribution in [3.8, 4) is 11.5 Å². The number of hydrogen-bond donors (Lipinski definition) is 1. The molecule has 0 bridgehead atoms. The summed E-state index contributed by atoms with van der Waals surface area (Å²) in [5.74, 6) is 0.671. The molecule has 2 atom stereocenters. The molecule has 0 aliphatic rings. The number of hydrogen-bond acceptors (Lipinski definition) is 5. The van der Waals surface area contributed by atoms with Gasteiger partial charge in [0.2, 0.25) is 0 Å². The van der Waals surface area contributed by atoms with Crippen molar-refractivity contribution in [3.63, 3.8) is 0 Å². The molecule has 20 heavy (non-hydrogen) atoms. The normalized spacial score (nSPS) is 13.4. The Bertz CT molecular complexity index is 447.